The topological polar surface area (TPSA) is 64.7 Å². The molecule has 0 aliphatic heterocycles. The van der Waals surface area contributed by atoms with E-state index < -0.39 is 0 Å². The van der Waals surface area contributed by atoms with Crippen molar-refractivity contribution < 1.29 is 4.42 Å². The molecule has 55 heavy (non-hydrogen) atoms. The summed E-state index contributed by atoms with van der Waals surface area (Å²) in [6, 6.07) is 51.4. The summed E-state index contributed by atoms with van der Waals surface area (Å²) < 4.78 is 6.56. The molecule has 0 saturated heterocycles. The minimum Gasteiger partial charge on any atom is -0.455 e. The van der Waals surface area contributed by atoms with Gasteiger partial charge in [-0.2, -0.15) is 0 Å². The molecule has 0 spiro atoms. The van der Waals surface area contributed by atoms with Crippen LogP contribution in [0, 0.1) is 0 Å². The number of rotatable bonds is 7. The lowest BCUT2D eigenvalue weighted by Gasteiger charge is -2.14. The molecule has 258 valence electrons. The fraction of sp³-hybridized carbons (Fsp3) is 0. The van der Waals surface area contributed by atoms with Gasteiger partial charge in [-0.25, -0.2) is 0 Å². The second-order valence-electron chi connectivity index (χ2n) is 13.6. The van der Waals surface area contributed by atoms with Gasteiger partial charge in [-0.1, -0.05) is 72.8 Å². The Labute approximate surface area is 318 Å². The highest BCUT2D eigenvalue weighted by atomic mass is 16.3. The molecule has 0 N–H and O–H groups in total. The van der Waals surface area contributed by atoms with Gasteiger partial charge in [0.25, 0.3) is 0 Å². The first-order valence-corrected chi connectivity index (χ1v) is 18.2. The average molecular weight is 705 g/mol. The number of furan rings is 1. The lowest BCUT2D eigenvalue weighted by Crippen LogP contribution is -1.89. The van der Waals surface area contributed by atoms with E-state index in [1.807, 2.05) is 86.0 Å². The first kappa shape index (κ1) is 32.2. The molecule has 0 saturated carbocycles. The van der Waals surface area contributed by atoms with E-state index in [1.165, 1.54) is 0 Å². The molecule has 0 aliphatic carbocycles. The first-order chi connectivity index (χ1) is 27.2. The van der Waals surface area contributed by atoms with Crippen LogP contribution in [-0.2, 0) is 0 Å². The Kier molecular flexibility index (Phi) is 8.08. The molecule has 5 heterocycles. The van der Waals surface area contributed by atoms with Crippen LogP contribution in [0.1, 0.15) is 0 Å². The van der Waals surface area contributed by atoms with Crippen molar-refractivity contribution in [1.82, 2.24) is 19.9 Å². The largest absolute Gasteiger partial charge is 0.455 e. The monoisotopic (exact) mass is 704 g/mol. The van der Waals surface area contributed by atoms with Crippen molar-refractivity contribution in [1.29, 1.82) is 0 Å². The van der Waals surface area contributed by atoms with Gasteiger partial charge >= 0.3 is 0 Å². The van der Waals surface area contributed by atoms with E-state index >= 15 is 0 Å². The molecule has 10 aromatic rings. The highest BCUT2D eigenvalue weighted by Gasteiger charge is 2.15. The van der Waals surface area contributed by atoms with Crippen molar-refractivity contribution in [3.8, 4) is 77.9 Å². The molecule has 0 unspecified atom stereocenters. The van der Waals surface area contributed by atoms with Gasteiger partial charge in [-0.05, 0) is 123 Å². The summed E-state index contributed by atoms with van der Waals surface area (Å²) in [6.45, 7) is 0. The Hall–Kier alpha value is -7.50. The third-order valence-corrected chi connectivity index (χ3v) is 10.2. The number of hydrogen-bond acceptors (Lipinski definition) is 5. The van der Waals surface area contributed by atoms with Crippen LogP contribution in [0.3, 0.4) is 0 Å². The Morgan fingerprint density at radius 2 is 0.709 bits per heavy atom. The summed E-state index contributed by atoms with van der Waals surface area (Å²) >= 11 is 0. The molecule has 0 amide bonds. The van der Waals surface area contributed by atoms with E-state index in [4.69, 9.17) is 4.42 Å². The van der Waals surface area contributed by atoms with Gasteiger partial charge in [-0.15, -0.1) is 0 Å². The van der Waals surface area contributed by atoms with Gasteiger partial charge in [0.2, 0.25) is 0 Å². The van der Waals surface area contributed by atoms with Gasteiger partial charge in [0.05, 0.1) is 0 Å². The summed E-state index contributed by atoms with van der Waals surface area (Å²) in [5, 5.41) is 2.22. The summed E-state index contributed by atoms with van der Waals surface area (Å²) in [5.41, 5.74) is 16.9. The Balaban J connectivity index is 1.12. The number of aromatic nitrogens is 4. The fourth-order valence-corrected chi connectivity index (χ4v) is 7.45. The van der Waals surface area contributed by atoms with Crippen LogP contribution < -0.4 is 0 Å². The van der Waals surface area contributed by atoms with Gasteiger partial charge < -0.3 is 4.42 Å². The third-order valence-electron chi connectivity index (χ3n) is 10.2. The zero-order valence-corrected chi connectivity index (χ0v) is 29.7. The molecular weight excluding hydrogens is 673 g/mol. The van der Waals surface area contributed by atoms with Crippen molar-refractivity contribution in [3.05, 3.63) is 195 Å². The smallest absolute Gasteiger partial charge is 0.143 e. The molecule has 0 fully saturated rings. The average Bonchev–Trinajstić information content (AvgIpc) is 3.66. The summed E-state index contributed by atoms with van der Waals surface area (Å²) in [6.07, 6.45) is 14.9. The number of nitrogens with zero attached hydrogens (tertiary/aromatic N) is 4. The molecule has 0 atom stereocenters. The van der Waals surface area contributed by atoms with E-state index in [0.29, 0.717) is 0 Å². The standard InChI is InChI=1S/C50H32N4O/c1-2-13-49-47(10-1)48-12-5-11-46(50(48)55-49)41-25-39(35-6-3-8-37(22-35)44-27-42(29-53-31-44)33-14-18-51-19-15-33)24-40(26-41)36-7-4-9-38(23-36)45-28-43(30-54-32-45)34-16-20-52-21-17-34/h1-32H. The lowest BCUT2D eigenvalue weighted by molar-refractivity contribution is 0.670. The SMILES string of the molecule is c1cc(-c2cncc(-c3ccncc3)c2)cc(-c2cc(-c3cccc(-c4cncc(-c5ccncc5)c4)c3)cc(-c3cccc4c3oc3ccccc34)c2)c1. The van der Waals surface area contributed by atoms with E-state index in [9.17, 15) is 0 Å². The molecule has 0 radical (unpaired) electrons. The predicted octanol–water partition coefficient (Wildman–Crippen LogP) is 12.8. The third kappa shape index (κ3) is 6.24. The molecule has 5 aromatic heterocycles. The summed E-state index contributed by atoms with van der Waals surface area (Å²) in [4.78, 5) is 17.6. The van der Waals surface area contributed by atoms with Gasteiger partial charge in [-0.3, -0.25) is 19.9 Å². The van der Waals surface area contributed by atoms with Crippen LogP contribution in [0.15, 0.2) is 200 Å². The van der Waals surface area contributed by atoms with E-state index in [-0.39, 0.29) is 0 Å². The maximum Gasteiger partial charge on any atom is 0.143 e. The van der Waals surface area contributed by atoms with E-state index in [0.717, 1.165) is 99.8 Å². The fourth-order valence-electron chi connectivity index (χ4n) is 7.45. The van der Waals surface area contributed by atoms with Crippen molar-refractivity contribution in [2.75, 3.05) is 0 Å². The molecule has 0 aliphatic rings. The molecule has 5 nitrogen and oxygen atoms in total. The second-order valence-corrected chi connectivity index (χ2v) is 13.6. The zero-order valence-electron chi connectivity index (χ0n) is 29.7. The van der Waals surface area contributed by atoms with Gasteiger partial charge in [0.1, 0.15) is 11.2 Å². The second kappa shape index (κ2) is 13.8. The van der Waals surface area contributed by atoms with Crippen LogP contribution >= 0.6 is 0 Å². The van der Waals surface area contributed by atoms with Gasteiger partial charge in [0.15, 0.2) is 0 Å². The molecule has 10 rings (SSSR count). The highest BCUT2D eigenvalue weighted by Crippen LogP contribution is 2.40. The number of benzene rings is 5. The first-order valence-electron chi connectivity index (χ1n) is 18.2. The molecule has 5 aromatic carbocycles. The Morgan fingerprint density at radius 3 is 1.27 bits per heavy atom. The van der Waals surface area contributed by atoms with Crippen LogP contribution in [0.5, 0.6) is 0 Å². The minimum atomic E-state index is 0.881. The van der Waals surface area contributed by atoms with E-state index in [1.54, 1.807) is 0 Å². The molecular formula is C50H32N4O. The van der Waals surface area contributed by atoms with Crippen molar-refractivity contribution >= 4 is 21.9 Å². The summed E-state index contributed by atoms with van der Waals surface area (Å²) in [7, 11) is 0. The summed E-state index contributed by atoms with van der Waals surface area (Å²) in [5.74, 6) is 0. The van der Waals surface area contributed by atoms with Crippen molar-refractivity contribution in [3.63, 3.8) is 0 Å². The number of hydrogen-bond donors (Lipinski definition) is 0. The zero-order chi connectivity index (χ0) is 36.6. The Morgan fingerprint density at radius 1 is 0.291 bits per heavy atom. The molecule has 0 bridgehead atoms. The number of fused-ring (bicyclic) bond motifs is 3. The van der Waals surface area contributed by atoms with Crippen molar-refractivity contribution in [2.24, 2.45) is 0 Å². The Bertz CT molecular complexity index is 2850. The van der Waals surface area contributed by atoms with Crippen LogP contribution in [0.2, 0.25) is 0 Å². The van der Waals surface area contributed by atoms with Crippen LogP contribution in [0.4, 0.5) is 0 Å². The normalized spacial score (nSPS) is 11.3. The maximum absolute atomic E-state index is 6.56. The maximum atomic E-state index is 6.56. The van der Waals surface area contributed by atoms with Crippen molar-refractivity contribution in [2.45, 2.75) is 0 Å². The molecule has 5 heteroatoms. The number of para-hydroxylation sites is 2. The van der Waals surface area contributed by atoms with Crippen LogP contribution in [0.25, 0.3) is 99.8 Å². The predicted molar refractivity (Wildman–Crippen MR) is 223 cm³/mol. The quantitative estimate of drug-likeness (QED) is 0.165. The van der Waals surface area contributed by atoms with Gasteiger partial charge in [0, 0.05) is 88.2 Å². The van der Waals surface area contributed by atoms with Crippen LogP contribution in [-0.4, -0.2) is 19.9 Å². The highest BCUT2D eigenvalue weighted by molar-refractivity contribution is 6.10. The lowest BCUT2D eigenvalue weighted by atomic mass is 9.90. The van der Waals surface area contributed by atoms with E-state index in [2.05, 4.69) is 129 Å². The minimum absolute atomic E-state index is 0.881. The number of pyridine rings is 4.